The van der Waals surface area contributed by atoms with Crippen molar-refractivity contribution in [3.8, 4) is 11.3 Å². The van der Waals surface area contributed by atoms with Crippen molar-refractivity contribution in [2.75, 3.05) is 5.32 Å². The molecule has 0 saturated carbocycles. The number of carbonyl (C=O) groups is 1. The number of nitrogens with zero attached hydrogens (tertiary/aromatic N) is 3. The fraction of sp³-hybridized carbons (Fsp3) is 0. The van der Waals surface area contributed by atoms with Crippen molar-refractivity contribution in [1.82, 2.24) is 14.4 Å². The van der Waals surface area contributed by atoms with Crippen LogP contribution in [0.3, 0.4) is 0 Å². The van der Waals surface area contributed by atoms with Crippen LogP contribution < -0.4 is 5.32 Å². The molecule has 6 nitrogen and oxygen atoms in total. The summed E-state index contributed by atoms with van der Waals surface area (Å²) in [6.45, 7) is 0. The van der Waals surface area contributed by atoms with Gasteiger partial charge in [0.1, 0.15) is 0 Å². The number of nitrogens with one attached hydrogen (secondary N) is 1. The SMILES string of the molecule is O=C(O)c1ccc(-c2cn3ccnc3c(Nc3ccc(Cl)cc3)n2)cc1. The third-order valence-corrected chi connectivity index (χ3v) is 4.16. The lowest BCUT2D eigenvalue weighted by molar-refractivity contribution is 0.0697. The van der Waals surface area contributed by atoms with Gasteiger partial charge in [-0.05, 0) is 36.4 Å². The lowest BCUT2D eigenvalue weighted by atomic mass is 10.1. The van der Waals surface area contributed by atoms with Gasteiger partial charge in [0.05, 0.1) is 11.3 Å². The molecule has 0 saturated heterocycles. The summed E-state index contributed by atoms with van der Waals surface area (Å²) < 4.78 is 1.87. The highest BCUT2D eigenvalue weighted by Crippen LogP contribution is 2.25. The number of benzene rings is 2. The van der Waals surface area contributed by atoms with E-state index in [2.05, 4.69) is 15.3 Å². The van der Waals surface area contributed by atoms with E-state index in [0.717, 1.165) is 11.3 Å². The second kappa shape index (κ2) is 6.50. The monoisotopic (exact) mass is 364 g/mol. The molecule has 2 aromatic carbocycles. The minimum atomic E-state index is -0.959. The van der Waals surface area contributed by atoms with Crippen LogP contribution in [-0.2, 0) is 0 Å². The van der Waals surface area contributed by atoms with Gasteiger partial charge in [0.25, 0.3) is 0 Å². The first-order chi connectivity index (χ1) is 12.6. The number of hydrogen-bond acceptors (Lipinski definition) is 4. The van der Waals surface area contributed by atoms with Gasteiger partial charge in [-0.1, -0.05) is 23.7 Å². The van der Waals surface area contributed by atoms with Gasteiger partial charge in [-0.3, -0.25) is 0 Å². The Morgan fingerprint density at radius 3 is 2.50 bits per heavy atom. The Morgan fingerprint density at radius 1 is 1.08 bits per heavy atom. The van der Waals surface area contributed by atoms with Crippen LogP contribution in [-0.4, -0.2) is 25.4 Å². The van der Waals surface area contributed by atoms with Crippen molar-refractivity contribution < 1.29 is 9.90 Å². The van der Waals surface area contributed by atoms with Crippen LogP contribution in [0.2, 0.25) is 5.02 Å². The highest BCUT2D eigenvalue weighted by Gasteiger charge is 2.10. The van der Waals surface area contributed by atoms with Crippen molar-refractivity contribution in [3.05, 3.63) is 77.7 Å². The number of fused-ring (bicyclic) bond motifs is 1. The van der Waals surface area contributed by atoms with Crippen molar-refractivity contribution in [3.63, 3.8) is 0 Å². The second-order valence-corrected chi connectivity index (χ2v) is 6.08. The van der Waals surface area contributed by atoms with E-state index in [1.807, 2.05) is 28.9 Å². The number of rotatable bonds is 4. The van der Waals surface area contributed by atoms with Gasteiger partial charge in [0, 0.05) is 34.9 Å². The summed E-state index contributed by atoms with van der Waals surface area (Å²) in [4.78, 5) is 20.0. The zero-order chi connectivity index (χ0) is 18.1. The summed E-state index contributed by atoms with van der Waals surface area (Å²) >= 11 is 5.93. The van der Waals surface area contributed by atoms with Gasteiger partial charge in [0.15, 0.2) is 11.5 Å². The molecule has 2 heterocycles. The Labute approximate surface area is 153 Å². The molecule has 2 N–H and O–H groups in total. The van der Waals surface area contributed by atoms with Gasteiger partial charge >= 0.3 is 5.97 Å². The Bertz CT molecular complexity index is 1090. The minimum Gasteiger partial charge on any atom is -0.478 e. The molecule has 0 spiro atoms. The van der Waals surface area contributed by atoms with Crippen LogP contribution in [0.5, 0.6) is 0 Å². The van der Waals surface area contributed by atoms with Gasteiger partial charge in [-0.2, -0.15) is 0 Å². The predicted octanol–water partition coefficient (Wildman–Crippen LogP) is 4.49. The van der Waals surface area contributed by atoms with Gasteiger partial charge in [-0.15, -0.1) is 0 Å². The van der Waals surface area contributed by atoms with E-state index in [0.29, 0.717) is 22.2 Å². The molecular formula is C19H13ClN4O2. The Morgan fingerprint density at radius 2 is 1.81 bits per heavy atom. The highest BCUT2D eigenvalue weighted by molar-refractivity contribution is 6.30. The van der Waals surface area contributed by atoms with Crippen LogP contribution in [0.15, 0.2) is 67.1 Å². The Hall–Kier alpha value is -3.38. The van der Waals surface area contributed by atoms with Crippen LogP contribution in [0, 0.1) is 0 Å². The van der Waals surface area contributed by atoms with E-state index in [4.69, 9.17) is 16.7 Å². The summed E-state index contributed by atoms with van der Waals surface area (Å²) in [6, 6.07) is 13.9. The fourth-order valence-electron chi connectivity index (χ4n) is 2.61. The van der Waals surface area contributed by atoms with Crippen LogP contribution in [0.1, 0.15) is 10.4 Å². The normalized spacial score (nSPS) is 10.8. The molecule has 0 fully saturated rings. The van der Waals surface area contributed by atoms with Crippen molar-refractivity contribution in [1.29, 1.82) is 0 Å². The zero-order valence-electron chi connectivity index (χ0n) is 13.4. The average Bonchev–Trinajstić information content (AvgIpc) is 3.12. The van der Waals surface area contributed by atoms with Crippen molar-refractivity contribution >= 4 is 34.7 Å². The molecule has 0 radical (unpaired) electrons. The Kier molecular flexibility index (Phi) is 4.02. The molecule has 0 atom stereocenters. The zero-order valence-corrected chi connectivity index (χ0v) is 14.2. The molecule has 0 aliphatic heterocycles. The van der Waals surface area contributed by atoms with Crippen LogP contribution in [0.4, 0.5) is 11.5 Å². The van der Waals surface area contributed by atoms with E-state index in [1.165, 1.54) is 0 Å². The number of carboxylic acids is 1. The number of carboxylic acid groups (broad SMARTS) is 1. The number of hydrogen-bond donors (Lipinski definition) is 2. The predicted molar refractivity (Wildman–Crippen MR) is 100 cm³/mol. The van der Waals surface area contributed by atoms with E-state index >= 15 is 0 Å². The van der Waals surface area contributed by atoms with Crippen LogP contribution >= 0.6 is 11.6 Å². The molecule has 0 aliphatic carbocycles. The molecule has 0 unspecified atom stereocenters. The third-order valence-electron chi connectivity index (χ3n) is 3.91. The molecule has 2 aromatic heterocycles. The van der Waals surface area contributed by atoms with Gasteiger partial charge < -0.3 is 14.8 Å². The Balaban J connectivity index is 1.76. The quantitative estimate of drug-likeness (QED) is 0.557. The number of imidazole rings is 1. The first-order valence-corrected chi connectivity index (χ1v) is 8.18. The number of aromatic carboxylic acids is 1. The molecular weight excluding hydrogens is 352 g/mol. The molecule has 0 amide bonds. The summed E-state index contributed by atoms with van der Waals surface area (Å²) in [5.74, 6) is -0.364. The molecule has 0 bridgehead atoms. The lowest BCUT2D eigenvalue weighted by Crippen LogP contribution is -2.01. The summed E-state index contributed by atoms with van der Waals surface area (Å²) in [5, 5.41) is 12.9. The van der Waals surface area contributed by atoms with E-state index in [1.54, 1.807) is 42.6 Å². The van der Waals surface area contributed by atoms with Crippen LogP contribution in [0.25, 0.3) is 16.9 Å². The largest absolute Gasteiger partial charge is 0.478 e. The number of anilines is 2. The first-order valence-electron chi connectivity index (χ1n) is 7.80. The van der Waals surface area contributed by atoms with E-state index in [-0.39, 0.29) is 5.56 Å². The first kappa shape index (κ1) is 16.1. The van der Waals surface area contributed by atoms with Crippen molar-refractivity contribution in [2.45, 2.75) is 0 Å². The fourth-order valence-corrected chi connectivity index (χ4v) is 2.73. The summed E-state index contributed by atoms with van der Waals surface area (Å²) in [5.41, 5.74) is 3.27. The third kappa shape index (κ3) is 3.10. The summed E-state index contributed by atoms with van der Waals surface area (Å²) in [6.07, 6.45) is 5.38. The highest BCUT2D eigenvalue weighted by atomic mass is 35.5. The van der Waals surface area contributed by atoms with Crippen molar-refractivity contribution in [2.24, 2.45) is 0 Å². The van der Waals surface area contributed by atoms with Gasteiger partial charge in [-0.25, -0.2) is 14.8 Å². The molecule has 4 aromatic rings. The molecule has 7 heteroatoms. The minimum absolute atomic E-state index is 0.233. The molecule has 4 rings (SSSR count). The standard InChI is InChI=1S/C19H13ClN4O2/c20-14-5-7-15(8-6-14)22-17-18-21-9-10-24(18)11-16(23-17)12-1-3-13(4-2-12)19(25)26/h1-11H,(H,22,23)(H,25,26). The van der Waals surface area contributed by atoms with Gasteiger partial charge in [0.2, 0.25) is 0 Å². The van der Waals surface area contributed by atoms with E-state index in [9.17, 15) is 4.79 Å². The van der Waals surface area contributed by atoms with E-state index < -0.39 is 5.97 Å². The number of aromatic nitrogens is 3. The molecule has 128 valence electrons. The maximum absolute atomic E-state index is 11.0. The maximum Gasteiger partial charge on any atom is 0.335 e. The second-order valence-electron chi connectivity index (χ2n) is 5.65. The topological polar surface area (TPSA) is 79.5 Å². The lowest BCUT2D eigenvalue weighted by Gasteiger charge is -2.10. The molecule has 26 heavy (non-hydrogen) atoms. The maximum atomic E-state index is 11.0. The average molecular weight is 365 g/mol. The number of halogens is 1. The smallest absolute Gasteiger partial charge is 0.335 e. The molecule has 0 aliphatic rings. The summed E-state index contributed by atoms with van der Waals surface area (Å²) in [7, 11) is 0.